The molecule has 0 heterocycles. The second-order valence-corrected chi connectivity index (χ2v) is 8.81. The summed E-state index contributed by atoms with van der Waals surface area (Å²) in [5, 5.41) is 9.86. The van der Waals surface area contributed by atoms with Gasteiger partial charge < -0.3 is 24.1 Å². The van der Waals surface area contributed by atoms with Gasteiger partial charge in [0.25, 0.3) is 0 Å². The Labute approximate surface area is 223 Å². The number of hydrogen-bond donors (Lipinski definition) is 1. The number of methoxy groups -OCH3 is 2. The predicted molar refractivity (Wildman–Crippen MR) is 143 cm³/mol. The number of rotatable bonds is 12. The number of hydroxylamine groups is 2. The van der Waals surface area contributed by atoms with Crippen LogP contribution in [0.1, 0.15) is 35.4 Å². The number of carbonyl (C=O) groups is 2. The van der Waals surface area contributed by atoms with Crippen molar-refractivity contribution in [2.75, 3.05) is 27.4 Å². The molecule has 200 valence electrons. The molecule has 10 heteroatoms. The third-order valence-corrected chi connectivity index (χ3v) is 6.61. The number of carboxylic acid groups (broad SMARTS) is 1. The molecule has 0 aromatic heterocycles. The van der Waals surface area contributed by atoms with Gasteiger partial charge in [-0.3, -0.25) is 9.42 Å². The molecule has 0 radical (unpaired) electrons. The SMILES string of the molecule is COc1cc(OCCCC(=O)O)cc(OC)c1CN(OP)C(=O)OCC1c2ccccc2-c2ccccc21. The van der Waals surface area contributed by atoms with E-state index in [0.29, 0.717) is 29.2 Å². The number of ether oxygens (including phenoxy) is 4. The minimum atomic E-state index is -0.884. The lowest BCUT2D eigenvalue weighted by Crippen LogP contribution is -2.30. The van der Waals surface area contributed by atoms with Gasteiger partial charge in [-0.05, 0) is 28.7 Å². The predicted octanol–water partition coefficient (Wildman–Crippen LogP) is 5.42. The van der Waals surface area contributed by atoms with Gasteiger partial charge >= 0.3 is 12.1 Å². The first kappa shape index (κ1) is 27.2. The summed E-state index contributed by atoms with van der Waals surface area (Å²) in [5.41, 5.74) is 5.05. The van der Waals surface area contributed by atoms with Gasteiger partial charge in [0.15, 0.2) is 0 Å². The van der Waals surface area contributed by atoms with Crippen LogP contribution < -0.4 is 14.2 Å². The monoisotopic (exact) mass is 539 g/mol. The average molecular weight is 540 g/mol. The number of fused-ring (bicyclic) bond motifs is 3. The van der Waals surface area contributed by atoms with Crippen molar-refractivity contribution < 1.29 is 38.3 Å². The van der Waals surface area contributed by atoms with Gasteiger partial charge in [-0.1, -0.05) is 48.5 Å². The number of amides is 1. The zero-order valence-corrected chi connectivity index (χ0v) is 22.4. The van der Waals surface area contributed by atoms with Gasteiger partial charge in [0, 0.05) is 33.9 Å². The van der Waals surface area contributed by atoms with Gasteiger partial charge in [0.1, 0.15) is 23.9 Å². The van der Waals surface area contributed by atoms with Crippen LogP contribution in [0.15, 0.2) is 60.7 Å². The van der Waals surface area contributed by atoms with Crippen LogP contribution in [0, 0.1) is 0 Å². The Hall–Kier alpha value is -3.81. The highest BCUT2D eigenvalue weighted by Crippen LogP contribution is 2.44. The van der Waals surface area contributed by atoms with Crippen molar-refractivity contribution >= 4 is 21.5 Å². The summed E-state index contributed by atoms with van der Waals surface area (Å²) < 4.78 is 27.7. The van der Waals surface area contributed by atoms with Crippen LogP contribution >= 0.6 is 9.47 Å². The van der Waals surface area contributed by atoms with Crippen molar-refractivity contribution in [3.8, 4) is 28.4 Å². The molecule has 1 aliphatic rings. The molecule has 0 fully saturated rings. The molecule has 0 aliphatic heterocycles. The maximum atomic E-state index is 13.1. The van der Waals surface area contributed by atoms with Gasteiger partial charge in [0.05, 0.1) is 32.9 Å². The molecule has 3 aromatic rings. The maximum absolute atomic E-state index is 13.1. The van der Waals surface area contributed by atoms with Crippen LogP contribution in [0.2, 0.25) is 0 Å². The Morgan fingerprint density at radius 3 is 2.05 bits per heavy atom. The molecule has 0 saturated heterocycles. The first-order valence-corrected chi connectivity index (χ1v) is 12.5. The molecule has 1 N–H and O–H groups in total. The third-order valence-electron chi connectivity index (χ3n) is 6.35. The highest BCUT2D eigenvalue weighted by Gasteiger charge is 2.30. The molecular weight excluding hydrogens is 509 g/mol. The van der Waals surface area contributed by atoms with Crippen LogP contribution in [0.3, 0.4) is 0 Å². The van der Waals surface area contributed by atoms with Gasteiger partial charge in [-0.2, -0.15) is 5.06 Å². The zero-order valence-electron chi connectivity index (χ0n) is 21.2. The molecule has 9 nitrogen and oxygen atoms in total. The molecule has 1 atom stereocenters. The lowest BCUT2D eigenvalue weighted by atomic mass is 9.98. The van der Waals surface area contributed by atoms with Gasteiger partial charge in [0.2, 0.25) is 0 Å². The number of nitrogens with zero attached hydrogens (tertiary/aromatic N) is 1. The highest BCUT2D eigenvalue weighted by atomic mass is 31.0. The number of carbonyl (C=O) groups excluding carboxylic acids is 1. The van der Waals surface area contributed by atoms with Crippen molar-refractivity contribution in [2.24, 2.45) is 0 Å². The van der Waals surface area contributed by atoms with E-state index >= 15 is 0 Å². The Morgan fingerprint density at radius 2 is 1.53 bits per heavy atom. The van der Waals surface area contributed by atoms with Crippen LogP contribution in [0.4, 0.5) is 4.79 Å². The average Bonchev–Trinajstić information content (AvgIpc) is 3.26. The Balaban J connectivity index is 1.46. The topological polar surface area (TPSA) is 104 Å². The fourth-order valence-electron chi connectivity index (χ4n) is 4.57. The van der Waals surface area contributed by atoms with Crippen molar-refractivity contribution in [1.29, 1.82) is 0 Å². The molecular formula is C28H30NO8P. The van der Waals surface area contributed by atoms with Crippen molar-refractivity contribution in [3.63, 3.8) is 0 Å². The molecule has 3 aromatic carbocycles. The molecule has 1 unspecified atom stereocenters. The molecule has 38 heavy (non-hydrogen) atoms. The standard InChI is InChI=1S/C28H30NO8P/c1-33-25-14-18(35-13-7-12-27(30)31)15-26(34-2)23(25)16-29(37-38)28(32)36-17-24-21-10-5-3-8-19(21)20-9-4-6-11-22(20)24/h3-6,8-11,14-15,24H,7,12-13,16-17,38H2,1-2H3,(H,30,31). The lowest BCUT2D eigenvalue weighted by molar-refractivity contribution is -0.137. The quantitative estimate of drug-likeness (QED) is 0.185. The van der Waals surface area contributed by atoms with E-state index in [9.17, 15) is 9.59 Å². The first-order valence-electron chi connectivity index (χ1n) is 12.1. The highest BCUT2D eigenvalue weighted by molar-refractivity contribution is 7.09. The number of benzene rings is 3. The summed E-state index contributed by atoms with van der Waals surface area (Å²) in [6.45, 7) is 0.346. The second kappa shape index (κ2) is 12.6. The smallest absolute Gasteiger partial charge is 0.434 e. The zero-order chi connectivity index (χ0) is 27.1. The fraction of sp³-hybridized carbons (Fsp3) is 0.286. The Kier molecular flexibility index (Phi) is 9.05. The summed E-state index contributed by atoms with van der Waals surface area (Å²) >= 11 is 0. The minimum absolute atomic E-state index is 0.00690. The van der Waals surface area contributed by atoms with E-state index in [1.54, 1.807) is 12.1 Å². The molecule has 0 saturated carbocycles. The molecule has 0 bridgehead atoms. The summed E-state index contributed by atoms with van der Waals surface area (Å²) in [6, 6.07) is 19.5. The van der Waals surface area contributed by atoms with Crippen LogP contribution in [-0.2, 0) is 20.7 Å². The second-order valence-electron chi connectivity index (χ2n) is 8.60. The van der Waals surface area contributed by atoms with Crippen LogP contribution in [0.25, 0.3) is 11.1 Å². The van der Waals surface area contributed by atoms with Crippen molar-refractivity contribution in [2.45, 2.75) is 25.3 Å². The lowest BCUT2D eigenvalue weighted by Gasteiger charge is -2.23. The molecule has 1 aliphatic carbocycles. The number of hydrogen-bond acceptors (Lipinski definition) is 7. The summed E-state index contributed by atoms with van der Waals surface area (Å²) in [4.78, 5) is 23.8. The van der Waals surface area contributed by atoms with Crippen molar-refractivity contribution in [1.82, 2.24) is 5.06 Å². The van der Waals surface area contributed by atoms with E-state index in [-0.39, 0.29) is 32.1 Å². The van der Waals surface area contributed by atoms with E-state index in [0.717, 1.165) is 27.3 Å². The third kappa shape index (κ3) is 6.01. The maximum Gasteiger partial charge on any atom is 0.434 e. The van der Waals surface area contributed by atoms with Gasteiger partial charge in [-0.15, -0.1) is 0 Å². The van der Waals surface area contributed by atoms with Crippen LogP contribution in [0.5, 0.6) is 17.2 Å². The van der Waals surface area contributed by atoms with Crippen molar-refractivity contribution in [3.05, 3.63) is 77.4 Å². The number of carboxylic acids is 1. The Bertz CT molecular complexity index is 1230. The molecule has 1 amide bonds. The Morgan fingerprint density at radius 1 is 0.947 bits per heavy atom. The summed E-state index contributed by atoms with van der Waals surface area (Å²) in [7, 11) is 5.05. The summed E-state index contributed by atoms with van der Waals surface area (Å²) in [6.07, 6.45) is -0.300. The van der Waals surface area contributed by atoms with Gasteiger partial charge in [-0.25, -0.2) is 4.79 Å². The van der Waals surface area contributed by atoms with Crippen LogP contribution in [-0.4, -0.2) is 49.7 Å². The number of aliphatic carboxylic acids is 1. The van der Waals surface area contributed by atoms with E-state index in [4.69, 9.17) is 28.7 Å². The van der Waals surface area contributed by atoms with E-state index < -0.39 is 12.1 Å². The molecule has 0 spiro atoms. The van der Waals surface area contributed by atoms with E-state index in [1.165, 1.54) is 14.2 Å². The molecule has 4 rings (SSSR count). The first-order chi connectivity index (χ1) is 18.5. The largest absolute Gasteiger partial charge is 0.496 e. The van der Waals surface area contributed by atoms with E-state index in [2.05, 4.69) is 33.7 Å². The summed E-state index contributed by atoms with van der Waals surface area (Å²) in [5.74, 6) is 0.309. The fourth-order valence-corrected chi connectivity index (χ4v) is 4.73. The minimum Gasteiger partial charge on any atom is -0.496 e. The normalized spacial score (nSPS) is 11.9. The van der Waals surface area contributed by atoms with E-state index in [1.807, 2.05) is 24.3 Å².